The molecule has 3 rings (SSSR count). The van der Waals surface area contributed by atoms with Crippen molar-refractivity contribution in [3.05, 3.63) is 53.8 Å². The van der Waals surface area contributed by atoms with E-state index in [-0.39, 0.29) is 12.0 Å². The zero-order chi connectivity index (χ0) is 15.0. The molecule has 21 heavy (non-hydrogen) atoms. The number of nitrogens with one attached hydrogen (secondary N) is 1. The molecule has 0 saturated heterocycles. The molecule has 0 saturated carbocycles. The zero-order valence-electron chi connectivity index (χ0n) is 12.4. The second-order valence-electron chi connectivity index (χ2n) is 5.40. The molecule has 0 aromatic heterocycles. The fourth-order valence-corrected chi connectivity index (χ4v) is 2.54. The monoisotopic (exact) mass is 282 g/mol. The molecule has 108 valence electrons. The summed E-state index contributed by atoms with van der Waals surface area (Å²) < 4.78 is 5.96. The maximum absolute atomic E-state index is 11.3. The highest BCUT2D eigenvalue weighted by Gasteiger charge is 2.28. The SMILES string of the molecule is CC(=O)NC1=CC=CC2Oc3ccc(N(C)C)cc3C2=C1. The average molecular weight is 282 g/mol. The van der Waals surface area contributed by atoms with E-state index in [1.165, 1.54) is 6.92 Å². The summed E-state index contributed by atoms with van der Waals surface area (Å²) in [7, 11) is 4.03. The van der Waals surface area contributed by atoms with Crippen LogP contribution in [0.25, 0.3) is 5.57 Å². The molecule has 0 bridgehead atoms. The molecule has 1 aliphatic carbocycles. The Labute approximate surface area is 124 Å². The number of fused-ring (bicyclic) bond motifs is 3. The van der Waals surface area contributed by atoms with Crippen molar-refractivity contribution in [3.63, 3.8) is 0 Å². The minimum absolute atomic E-state index is 0.0777. The molecular formula is C17H18N2O2. The van der Waals surface area contributed by atoms with Crippen LogP contribution in [0.1, 0.15) is 12.5 Å². The van der Waals surface area contributed by atoms with E-state index >= 15 is 0 Å². The van der Waals surface area contributed by atoms with Gasteiger partial charge in [0.05, 0.1) is 0 Å². The van der Waals surface area contributed by atoms with Crippen LogP contribution in [0.2, 0.25) is 0 Å². The maximum atomic E-state index is 11.3. The van der Waals surface area contributed by atoms with Gasteiger partial charge in [-0.05, 0) is 36.4 Å². The molecule has 1 amide bonds. The van der Waals surface area contributed by atoms with E-state index < -0.39 is 0 Å². The number of hydrogen-bond acceptors (Lipinski definition) is 3. The van der Waals surface area contributed by atoms with Gasteiger partial charge in [0, 0.05) is 43.5 Å². The molecule has 4 nitrogen and oxygen atoms in total. The van der Waals surface area contributed by atoms with Crippen LogP contribution in [-0.4, -0.2) is 26.1 Å². The third-order valence-corrected chi connectivity index (χ3v) is 3.54. The minimum atomic E-state index is -0.0973. The Kier molecular flexibility index (Phi) is 3.29. The van der Waals surface area contributed by atoms with Gasteiger partial charge in [-0.25, -0.2) is 0 Å². The van der Waals surface area contributed by atoms with E-state index in [1.54, 1.807) is 0 Å². The van der Waals surface area contributed by atoms with Gasteiger partial charge in [0.15, 0.2) is 0 Å². The second-order valence-corrected chi connectivity index (χ2v) is 5.40. The van der Waals surface area contributed by atoms with Gasteiger partial charge in [-0.15, -0.1) is 0 Å². The molecule has 4 heteroatoms. The van der Waals surface area contributed by atoms with Crippen molar-refractivity contribution < 1.29 is 9.53 Å². The predicted molar refractivity (Wildman–Crippen MR) is 84.2 cm³/mol. The Morgan fingerprint density at radius 3 is 2.86 bits per heavy atom. The molecule has 1 atom stereocenters. The number of hydrogen-bond donors (Lipinski definition) is 1. The first-order valence-corrected chi connectivity index (χ1v) is 6.90. The molecule has 2 aliphatic rings. The predicted octanol–water partition coefficient (Wildman–Crippen LogP) is 2.49. The van der Waals surface area contributed by atoms with Crippen LogP contribution in [-0.2, 0) is 4.79 Å². The van der Waals surface area contributed by atoms with Gasteiger partial charge in [0.1, 0.15) is 11.9 Å². The normalized spacial score (nSPS) is 18.7. The van der Waals surface area contributed by atoms with Gasteiger partial charge < -0.3 is 15.0 Å². The van der Waals surface area contributed by atoms with Crippen molar-refractivity contribution in [2.24, 2.45) is 0 Å². The topological polar surface area (TPSA) is 41.6 Å². The second kappa shape index (κ2) is 5.13. The molecule has 1 aromatic rings. The van der Waals surface area contributed by atoms with E-state index in [0.29, 0.717) is 0 Å². The summed E-state index contributed by atoms with van der Waals surface area (Å²) in [6, 6.07) is 6.15. The van der Waals surface area contributed by atoms with Gasteiger partial charge in [0.25, 0.3) is 0 Å². The molecule has 1 unspecified atom stereocenters. The molecule has 0 radical (unpaired) electrons. The Morgan fingerprint density at radius 2 is 2.14 bits per heavy atom. The molecule has 1 aromatic carbocycles. The van der Waals surface area contributed by atoms with Gasteiger partial charge >= 0.3 is 0 Å². The maximum Gasteiger partial charge on any atom is 0.221 e. The summed E-state index contributed by atoms with van der Waals surface area (Å²) in [5, 5.41) is 2.83. The summed E-state index contributed by atoms with van der Waals surface area (Å²) in [5.41, 5.74) is 4.05. The van der Waals surface area contributed by atoms with Crippen molar-refractivity contribution in [3.8, 4) is 5.75 Å². The largest absolute Gasteiger partial charge is 0.481 e. The average Bonchev–Trinajstić information content (AvgIpc) is 2.63. The number of benzene rings is 1. The van der Waals surface area contributed by atoms with Crippen molar-refractivity contribution in [2.75, 3.05) is 19.0 Å². The number of carbonyl (C=O) groups is 1. The first-order valence-electron chi connectivity index (χ1n) is 6.90. The van der Waals surface area contributed by atoms with Crippen LogP contribution in [0.4, 0.5) is 5.69 Å². The smallest absolute Gasteiger partial charge is 0.221 e. The lowest BCUT2D eigenvalue weighted by atomic mass is 10.0. The highest BCUT2D eigenvalue weighted by molar-refractivity contribution is 5.84. The van der Waals surface area contributed by atoms with Crippen LogP contribution in [0.3, 0.4) is 0 Å². The van der Waals surface area contributed by atoms with Crippen LogP contribution in [0.5, 0.6) is 5.75 Å². The van der Waals surface area contributed by atoms with E-state index in [2.05, 4.69) is 16.3 Å². The third kappa shape index (κ3) is 2.57. The Bertz CT molecular complexity index is 684. The molecular weight excluding hydrogens is 264 g/mol. The Hall–Kier alpha value is -2.49. The van der Waals surface area contributed by atoms with E-state index in [4.69, 9.17) is 4.74 Å². The van der Waals surface area contributed by atoms with Crippen LogP contribution in [0.15, 0.2) is 48.2 Å². The van der Waals surface area contributed by atoms with Crippen molar-refractivity contribution in [2.45, 2.75) is 13.0 Å². The number of nitrogens with zero attached hydrogens (tertiary/aromatic N) is 1. The number of amides is 1. The fraction of sp³-hybridized carbons (Fsp3) is 0.235. The Balaban J connectivity index is 2.04. The lowest BCUT2D eigenvalue weighted by Crippen LogP contribution is -2.18. The molecule has 0 spiro atoms. The van der Waals surface area contributed by atoms with E-state index in [0.717, 1.165) is 28.3 Å². The summed E-state index contributed by atoms with van der Waals surface area (Å²) in [4.78, 5) is 13.3. The van der Waals surface area contributed by atoms with Crippen LogP contribution < -0.4 is 15.0 Å². The van der Waals surface area contributed by atoms with Crippen LogP contribution >= 0.6 is 0 Å². The van der Waals surface area contributed by atoms with Crippen molar-refractivity contribution in [1.29, 1.82) is 0 Å². The standard InChI is InChI=1S/C17H18N2O2/c1-11(20)18-12-5-4-6-16-14(9-12)15-10-13(19(2)3)7-8-17(15)21-16/h4-10,16H,1-3H3,(H,18,20). The summed E-state index contributed by atoms with van der Waals surface area (Å²) in [6.07, 6.45) is 7.68. The fourth-order valence-electron chi connectivity index (χ4n) is 2.54. The highest BCUT2D eigenvalue weighted by Crippen LogP contribution is 2.41. The zero-order valence-corrected chi connectivity index (χ0v) is 12.4. The summed E-state index contributed by atoms with van der Waals surface area (Å²) in [5.74, 6) is 0.803. The van der Waals surface area contributed by atoms with Gasteiger partial charge in [-0.1, -0.05) is 6.08 Å². The lowest BCUT2D eigenvalue weighted by molar-refractivity contribution is -0.118. The van der Waals surface area contributed by atoms with E-state index in [9.17, 15) is 4.79 Å². The number of carbonyl (C=O) groups excluding carboxylic acids is 1. The molecule has 1 N–H and O–H groups in total. The van der Waals surface area contributed by atoms with Crippen LogP contribution in [0, 0.1) is 0 Å². The number of allylic oxidation sites excluding steroid dienone is 3. The minimum Gasteiger partial charge on any atom is -0.481 e. The number of anilines is 1. The van der Waals surface area contributed by atoms with E-state index in [1.807, 2.05) is 50.5 Å². The first-order chi connectivity index (χ1) is 10.0. The van der Waals surface area contributed by atoms with Gasteiger partial charge in [-0.3, -0.25) is 4.79 Å². The summed E-state index contributed by atoms with van der Waals surface area (Å²) >= 11 is 0. The highest BCUT2D eigenvalue weighted by atomic mass is 16.5. The number of rotatable bonds is 2. The third-order valence-electron chi connectivity index (χ3n) is 3.54. The quantitative estimate of drug-likeness (QED) is 0.906. The molecule has 0 fully saturated rings. The van der Waals surface area contributed by atoms with Crippen molar-refractivity contribution >= 4 is 17.2 Å². The van der Waals surface area contributed by atoms with Gasteiger partial charge in [-0.2, -0.15) is 0 Å². The Morgan fingerprint density at radius 1 is 1.33 bits per heavy atom. The van der Waals surface area contributed by atoms with Crippen molar-refractivity contribution in [1.82, 2.24) is 5.32 Å². The van der Waals surface area contributed by atoms with Gasteiger partial charge in [0.2, 0.25) is 5.91 Å². The molecule has 1 heterocycles. The number of ether oxygens (including phenoxy) is 1. The lowest BCUT2D eigenvalue weighted by Gasteiger charge is -2.13. The summed E-state index contributed by atoms with van der Waals surface area (Å²) in [6.45, 7) is 1.51. The molecule has 1 aliphatic heterocycles. The first kappa shape index (κ1) is 13.5.